The van der Waals surface area contributed by atoms with Crippen molar-refractivity contribution >= 4 is 32.3 Å². The van der Waals surface area contributed by atoms with E-state index < -0.39 is 0 Å². The number of rotatable bonds is 6. The number of benzene rings is 2. The number of halogens is 1. The van der Waals surface area contributed by atoms with Crippen molar-refractivity contribution in [2.45, 2.75) is 19.9 Å². The first-order valence-corrected chi connectivity index (χ1v) is 11.8. The molecule has 0 amide bonds. The van der Waals surface area contributed by atoms with E-state index in [-0.39, 0.29) is 23.2 Å². The first-order valence-electron chi connectivity index (χ1n) is 11.0. The quantitative estimate of drug-likeness (QED) is 0.417. The number of likely N-dealkylation sites (tertiary alicyclic amines) is 1. The Morgan fingerprint density at radius 3 is 2.58 bits per heavy atom. The Morgan fingerprint density at radius 2 is 1.88 bits per heavy atom. The SMILES string of the molecule is CCN1CC(Nc2sc3c(ccc(=O)n3-c3ccccc3)c2C(=O)c2ccc(F)c(C)c2)C1. The van der Waals surface area contributed by atoms with Crippen molar-refractivity contribution in [1.29, 1.82) is 0 Å². The Hall–Kier alpha value is -3.29. The van der Waals surface area contributed by atoms with E-state index in [4.69, 9.17) is 0 Å². The Morgan fingerprint density at radius 1 is 1.12 bits per heavy atom. The fourth-order valence-corrected chi connectivity index (χ4v) is 5.56. The number of aryl methyl sites for hydroxylation is 1. The van der Waals surface area contributed by atoms with Gasteiger partial charge in [-0.15, -0.1) is 0 Å². The molecule has 1 aliphatic rings. The maximum Gasteiger partial charge on any atom is 0.256 e. The third kappa shape index (κ3) is 3.87. The normalized spacial score (nSPS) is 14.4. The van der Waals surface area contributed by atoms with Crippen molar-refractivity contribution in [2.24, 2.45) is 0 Å². The molecule has 33 heavy (non-hydrogen) atoms. The average molecular weight is 462 g/mol. The third-order valence-electron chi connectivity index (χ3n) is 6.14. The van der Waals surface area contributed by atoms with Crippen LogP contribution in [0.25, 0.3) is 15.9 Å². The predicted molar refractivity (Wildman–Crippen MR) is 132 cm³/mol. The summed E-state index contributed by atoms with van der Waals surface area (Å²) in [5, 5.41) is 5.00. The molecule has 0 bridgehead atoms. The Balaban J connectivity index is 1.68. The zero-order valence-corrected chi connectivity index (χ0v) is 19.3. The van der Waals surface area contributed by atoms with E-state index in [0.717, 1.165) is 30.3 Å². The molecule has 1 fully saturated rings. The van der Waals surface area contributed by atoms with Gasteiger partial charge < -0.3 is 5.32 Å². The molecular weight excluding hydrogens is 437 g/mol. The minimum absolute atomic E-state index is 0.154. The maximum atomic E-state index is 13.9. The van der Waals surface area contributed by atoms with Crippen LogP contribution in [-0.4, -0.2) is 40.9 Å². The van der Waals surface area contributed by atoms with Crippen molar-refractivity contribution in [3.8, 4) is 5.69 Å². The van der Waals surface area contributed by atoms with Crippen LogP contribution in [0.1, 0.15) is 28.4 Å². The van der Waals surface area contributed by atoms with Crippen LogP contribution in [-0.2, 0) is 0 Å². The Bertz CT molecular complexity index is 1400. The molecule has 0 atom stereocenters. The van der Waals surface area contributed by atoms with E-state index in [9.17, 15) is 14.0 Å². The minimum Gasteiger partial charge on any atom is -0.371 e. The molecule has 1 aliphatic heterocycles. The van der Waals surface area contributed by atoms with Gasteiger partial charge in [0.25, 0.3) is 5.56 Å². The standard InChI is InChI=1S/C26H24FN3O2S/c1-3-29-14-18(15-29)28-25-23(24(32)17-9-11-21(27)16(2)13-17)20-10-12-22(31)30(26(20)33-25)19-7-5-4-6-8-19/h4-13,18,28H,3,14-15H2,1-2H3. The number of para-hydroxylation sites is 1. The summed E-state index contributed by atoms with van der Waals surface area (Å²) >= 11 is 1.41. The topological polar surface area (TPSA) is 54.3 Å². The van der Waals surface area contributed by atoms with Gasteiger partial charge in [0.2, 0.25) is 0 Å². The number of hydrogen-bond donors (Lipinski definition) is 1. The lowest BCUT2D eigenvalue weighted by Crippen LogP contribution is -2.54. The summed E-state index contributed by atoms with van der Waals surface area (Å²) in [6.45, 7) is 6.57. The fourth-order valence-electron chi connectivity index (χ4n) is 4.27. The summed E-state index contributed by atoms with van der Waals surface area (Å²) in [5.41, 5.74) is 1.98. The van der Waals surface area contributed by atoms with Crippen LogP contribution < -0.4 is 10.9 Å². The highest BCUT2D eigenvalue weighted by molar-refractivity contribution is 7.23. The highest BCUT2D eigenvalue weighted by Crippen LogP contribution is 2.38. The number of anilines is 1. The van der Waals surface area contributed by atoms with Crippen LogP contribution in [0.2, 0.25) is 0 Å². The van der Waals surface area contributed by atoms with Gasteiger partial charge in [-0.25, -0.2) is 4.39 Å². The zero-order valence-electron chi connectivity index (χ0n) is 18.5. The highest BCUT2D eigenvalue weighted by atomic mass is 32.1. The number of fused-ring (bicyclic) bond motifs is 1. The number of pyridine rings is 1. The number of ketones is 1. The monoisotopic (exact) mass is 461 g/mol. The van der Waals surface area contributed by atoms with E-state index in [1.165, 1.54) is 29.5 Å². The average Bonchev–Trinajstić information content (AvgIpc) is 3.15. The van der Waals surface area contributed by atoms with E-state index in [1.54, 1.807) is 23.6 Å². The van der Waals surface area contributed by atoms with Crippen molar-refractivity contribution in [3.05, 3.63) is 93.5 Å². The summed E-state index contributed by atoms with van der Waals surface area (Å²) in [6, 6.07) is 17.3. The lowest BCUT2D eigenvalue weighted by Gasteiger charge is -2.39. The molecule has 168 valence electrons. The molecule has 7 heteroatoms. The lowest BCUT2D eigenvalue weighted by molar-refractivity contribution is 0.104. The van der Waals surface area contributed by atoms with Crippen LogP contribution >= 0.6 is 11.3 Å². The zero-order chi connectivity index (χ0) is 23.1. The van der Waals surface area contributed by atoms with Gasteiger partial charge in [-0.2, -0.15) is 0 Å². The molecule has 5 nitrogen and oxygen atoms in total. The number of aromatic nitrogens is 1. The molecule has 0 spiro atoms. The molecule has 2 aromatic carbocycles. The number of hydrogen-bond acceptors (Lipinski definition) is 5. The molecule has 0 radical (unpaired) electrons. The third-order valence-corrected chi connectivity index (χ3v) is 7.26. The van der Waals surface area contributed by atoms with Crippen molar-refractivity contribution in [1.82, 2.24) is 9.47 Å². The summed E-state index contributed by atoms with van der Waals surface area (Å²) in [6.07, 6.45) is 0. The van der Waals surface area contributed by atoms with Gasteiger partial charge in [-0.1, -0.05) is 36.5 Å². The lowest BCUT2D eigenvalue weighted by atomic mass is 10.00. The van der Waals surface area contributed by atoms with Gasteiger partial charge in [-0.05, 0) is 55.4 Å². The summed E-state index contributed by atoms with van der Waals surface area (Å²) in [5.74, 6) is -0.524. The molecule has 1 saturated heterocycles. The number of nitrogens with one attached hydrogen (secondary N) is 1. The van der Waals surface area contributed by atoms with Gasteiger partial charge in [-0.3, -0.25) is 19.1 Å². The maximum absolute atomic E-state index is 13.9. The van der Waals surface area contributed by atoms with Crippen molar-refractivity contribution in [2.75, 3.05) is 25.0 Å². The molecule has 1 N–H and O–H groups in total. The van der Waals surface area contributed by atoms with Gasteiger partial charge in [0.05, 0.1) is 17.3 Å². The second kappa shape index (κ2) is 8.57. The largest absolute Gasteiger partial charge is 0.371 e. The Labute approximate surface area is 195 Å². The van der Waals surface area contributed by atoms with Crippen LogP contribution in [0.3, 0.4) is 0 Å². The van der Waals surface area contributed by atoms with E-state index >= 15 is 0 Å². The summed E-state index contributed by atoms with van der Waals surface area (Å²) in [7, 11) is 0. The van der Waals surface area contributed by atoms with Crippen LogP contribution in [0.4, 0.5) is 9.39 Å². The smallest absolute Gasteiger partial charge is 0.256 e. The first kappa shape index (κ1) is 21.6. The van der Waals surface area contributed by atoms with E-state index in [2.05, 4.69) is 17.1 Å². The summed E-state index contributed by atoms with van der Waals surface area (Å²) < 4.78 is 15.5. The van der Waals surface area contributed by atoms with Gasteiger partial charge >= 0.3 is 0 Å². The number of likely N-dealkylation sites (N-methyl/N-ethyl adjacent to an activating group) is 1. The summed E-state index contributed by atoms with van der Waals surface area (Å²) in [4.78, 5) is 29.6. The molecule has 0 aliphatic carbocycles. The number of carbonyl (C=O) groups excluding carboxylic acids is 1. The number of carbonyl (C=O) groups is 1. The number of thiophene rings is 1. The molecule has 3 heterocycles. The van der Waals surface area contributed by atoms with Crippen LogP contribution in [0.5, 0.6) is 0 Å². The molecule has 0 saturated carbocycles. The first-order chi connectivity index (χ1) is 16.0. The van der Waals surface area contributed by atoms with E-state index in [0.29, 0.717) is 26.9 Å². The Kier molecular flexibility index (Phi) is 5.60. The minimum atomic E-state index is -0.341. The fraction of sp³-hybridized carbons (Fsp3) is 0.231. The highest BCUT2D eigenvalue weighted by Gasteiger charge is 2.29. The number of nitrogens with zero attached hydrogens (tertiary/aromatic N) is 2. The second-order valence-corrected chi connectivity index (χ2v) is 9.35. The van der Waals surface area contributed by atoms with Gasteiger partial charge in [0.15, 0.2) is 5.78 Å². The van der Waals surface area contributed by atoms with Gasteiger partial charge in [0.1, 0.15) is 15.6 Å². The molecule has 4 aromatic rings. The van der Waals surface area contributed by atoms with Crippen molar-refractivity contribution < 1.29 is 9.18 Å². The molecular formula is C26H24FN3O2S. The van der Waals surface area contributed by atoms with Gasteiger partial charge in [0, 0.05) is 30.1 Å². The second-order valence-electron chi connectivity index (χ2n) is 8.35. The van der Waals surface area contributed by atoms with E-state index in [1.807, 2.05) is 30.3 Å². The van der Waals surface area contributed by atoms with Crippen molar-refractivity contribution in [3.63, 3.8) is 0 Å². The molecule has 0 unspecified atom stereocenters. The van der Waals surface area contributed by atoms with Crippen LogP contribution in [0.15, 0.2) is 65.5 Å². The predicted octanol–water partition coefficient (Wildman–Crippen LogP) is 4.85. The van der Waals surface area contributed by atoms with Crippen LogP contribution in [0, 0.1) is 12.7 Å². The molecule has 2 aromatic heterocycles. The molecule has 5 rings (SSSR count).